The number of aromatic nitrogens is 2. The average molecular weight is 365 g/mol. The second kappa shape index (κ2) is 8.17. The summed E-state index contributed by atoms with van der Waals surface area (Å²) in [7, 11) is 1.62. The van der Waals surface area contributed by atoms with Gasteiger partial charge in [-0.3, -0.25) is 9.36 Å². The van der Waals surface area contributed by atoms with Gasteiger partial charge in [-0.05, 0) is 30.7 Å². The van der Waals surface area contributed by atoms with Crippen LogP contribution in [0.3, 0.4) is 0 Å². The molecular formula is C20H19N3O2S. The van der Waals surface area contributed by atoms with Crippen molar-refractivity contribution in [1.82, 2.24) is 9.55 Å². The van der Waals surface area contributed by atoms with E-state index in [1.165, 1.54) is 11.8 Å². The number of hydrogen-bond donors (Lipinski definition) is 0. The lowest BCUT2D eigenvalue weighted by Gasteiger charge is -2.19. The van der Waals surface area contributed by atoms with Gasteiger partial charge in [-0.15, -0.1) is 0 Å². The Hall–Kier alpha value is -2.62. The Morgan fingerprint density at radius 1 is 1.23 bits per heavy atom. The maximum Gasteiger partial charge on any atom is 0.262 e. The van der Waals surface area contributed by atoms with E-state index in [2.05, 4.69) is 6.07 Å². The first-order valence-corrected chi connectivity index (χ1v) is 9.25. The molecule has 0 amide bonds. The predicted octanol–water partition coefficient (Wildman–Crippen LogP) is 3.77. The van der Waals surface area contributed by atoms with Crippen molar-refractivity contribution in [3.8, 4) is 6.07 Å². The van der Waals surface area contributed by atoms with Crippen LogP contribution in [0.2, 0.25) is 0 Å². The minimum Gasteiger partial charge on any atom is -0.383 e. The fourth-order valence-corrected chi connectivity index (χ4v) is 3.93. The Kier molecular flexibility index (Phi) is 5.71. The van der Waals surface area contributed by atoms with Gasteiger partial charge in [0.1, 0.15) is 0 Å². The predicted molar refractivity (Wildman–Crippen MR) is 103 cm³/mol. The van der Waals surface area contributed by atoms with Crippen LogP contribution in [-0.2, 0) is 10.5 Å². The Labute approximate surface area is 156 Å². The molecule has 5 nitrogen and oxygen atoms in total. The zero-order chi connectivity index (χ0) is 18.5. The molecule has 26 heavy (non-hydrogen) atoms. The van der Waals surface area contributed by atoms with Gasteiger partial charge in [0.15, 0.2) is 5.16 Å². The molecule has 0 N–H and O–H groups in total. The molecule has 2 aromatic carbocycles. The van der Waals surface area contributed by atoms with E-state index in [1.807, 2.05) is 43.3 Å². The van der Waals surface area contributed by atoms with Crippen molar-refractivity contribution < 1.29 is 4.74 Å². The first kappa shape index (κ1) is 18.2. The first-order chi connectivity index (χ1) is 12.7. The van der Waals surface area contributed by atoms with E-state index in [-0.39, 0.29) is 11.6 Å². The minimum absolute atomic E-state index is 0.0729. The third-order valence-corrected chi connectivity index (χ3v) is 5.12. The lowest BCUT2D eigenvalue weighted by Crippen LogP contribution is -2.28. The van der Waals surface area contributed by atoms with Crippen LogP contribution in [-0.4, -0.2) is 23.3 Å². The second-order valence-corrected chi connectivity index (χ2v) is 6.89. The zero-order valence-corrected chi connectivity index (χ0v) is 15.5. The molecule has 0 aliphatic rings. The summed E-state index contributed by atoms with van der Waals surface area (Å²) in [5, 5.41) is 10.5. The van der Waals surface area contributed by atoms with Crippen LogP contribution in [0, 0.1) is 11.3 Å². The monoisotopic (exact) mass is 365 g/mol. The number of fused-ring (bicyclic) bond motifs is 1. The molecule has 1 atom stereocenters. The largest absolute Gasteiger partial charge is 0.383 e. The van der Waals surface area contributed by atoms with Gasteiger partial charge in [-0.1, -0.05) is 42.1 Å². The molecule has 0 unspecified atom stereocenters. The van der Waals surface area contributed by atoms with Crippen molar-refractivity contribution in [1.29, 1.82) is 5.26 Å². The van der Waals surface area contributed by atoms with Crippen LogP contribution >= 0.6 is 11.8 Å². The molecule has 0 bridgehead atoms. The normalized spacial score (nSPS) is 12.0. The quantitative estimate of drug-likeness (QED) is 0.491. The highest BCUT2D eigenvalue weighted by molar-refractivity contribution is 7.98. The van der Waals surface area contributed by atoms with Gasteiger partial charge in [0.25, 0.3) is 5.56 Å². The van der Waals surface area contributed by atoms with Crippen molar-refractivity contribution in [2.24, 2.45) is 0 Å². The molecule has 3 rings (SSSR count). The molecule has 1 heterocycles. The zero-order valence-electron chi connectivity index (χ0n) is 14.7. The molecule has 0 saturated carbocycles. The molecule has 0 fully saturated rings. The van der Waals surface area contributed by atoms with Crippen molar-refractivity contribution in [3.05, 3.63) is 70.0 Å². The highest BCUT2D eigenvalue weighted by Gasteiger charge is 2.17. The van der Waals surface area contributed by atoms with E-state index in [9.17, 15) is 10.1 Å². The lowest BCUT2D eigenvalue weighted by molar-refractivity contribution is 0.156. The standard InChI is InChI=1S/C20H19N3O2S/c1-14(12-25-2)23-19(24)17-9-5-6-10-18(17)22-20(23)26-13-16-8-4-3-7-15(16)11-21/h3-10,14H,12-13H2,1-2H3/t14-/m1/s1. The van der Waals surface area contributed by atoms with Gasteiger partial charge in [-0.2, -0.15) is 5.26 Å². The maximum absolute atomic E-state index is 13.0. The summed E-state index contributed by atoms with van der Waals surface area (Å²) in [5.74, 6) is 0.564. The number of benzene rings is 2. The Morgan fingerprint density at radius 3 is 2.73 bits per heavy atom. The summed E-state index contributed by atoms with van der Waals surface area (Å²) in [6.07, 6.45) is 0. The molecule has 0 aliphatic carbocycles. The van der Waals surface area contributed by atoms with Gasteiger partial charge in [0, 0.05) is 12.9 Å². The van der Waals surface area contributed by atoms with Crippen LogP contribution in [0.4, 0.5) is 0 Å². The van der Waals surface area contributed by atoms with Crippen LogP contribution < -0.4 is 5.56 Å². The van der Waals surface area contributed by atoms with E-state index >= 15 is 0 Å². The summed E-state index contributed by atoms with van der Waals surface area (Å²) in [5.41, 5.74) is 2.17. The van der Waals surface area contributed by atoms with E-state index < -0.39 is 0 Å². The smallest absolute Gasteiger partial charge is 0.262 e. The minimum atomic E-state index is -0.140. The van der Waals surface area contributed by atoms with E-state index in [0.717, 1.165) is 5.56 Å². The summed E-state index contributed by atoms with van der Waals surface area (Å²) >= 11 is 1.46. The Morgan fingerprint density at radius 2 is 1.96 bits per heavy atom. The third kappa shape index (κ3) is 3.64. The SMILES string of the molecule is COC[C@@H](C)n1c(SCc2ccccc2C#N)nc2ccccc2c1=O. The fourth-order valence-electron chi connectivity index (χ4n) is 2.83. The molecule has 0 aliphatic heterocycles. The van der Waals surface area contributed by atoms with Crippen molar-refractivity contribution in [2.75, 3.05) is 13.7 Å². The van der Waals surface area contributed by atoms with Crippen molar-refractivity contribution in [2.45, 2.75) is 23.9 Å². The van der Waals surface area contributed by atoms with Gasteiger partial charge >= 0.3 is 0 Å². The summed E-state index contributed by atoms with van der Waals surface area (Å²) in [4.78, 5) is 17.7. The highest BCUT2D eigenvalue weighted by Crippen LogP contribution is 2.25. The number of methoxy groups -OCH3 is 1. The first-order valence-electron chi connectivity index (χ1n) is 8.26. The van der Waals surface area contributed by atoms with Crippen molar-refractivity contribution in [3.63, 3.8) is 0 Å². The number of hydrogen-bond acceptors (Lipinski definition) is 5. The van der Waals surface area contributed by atoms with E-state index in [4.69, 9.17) is 9.72 Å². The average Bonchev–Trinajstić information content (AvgIpc) is 2.66. The third-order valence-electron chi connectivity index (χ3n) is 4.12. The molecule has 0 radical (unpaired) electrons. The number of para-hydroxylation sites is 1. The molecule has 0 spiro atoms. The molecule has 6 heteroatoms. The molecule has 132 valence electrons. The maximum atomic E-state index is 13.0. The number of thioether (sulfide) groups is 1. The van der Waals surface area contributed by atoms with Crippen molar-refractivity contribution >= 4 is 22.7 Å². The van der Waals surface area contributed by atoms with Gasteiger partial charge in [0.2, 0.25) is 0 Å². The number of ether oxygens (including phenoxy) is 1. The fraction of sp³-hybridized carbons (Fsp3) is 0.250. The Bertz CT molecular complexity index is 1020. The van der Waals surface area contributed by atoms with Crippen LogP contribution in [0.25, 0.3) is 10.9 Å². The molecular weight excluding hydrogens is 346 g/mol. The number of nitrogens with zero attached hydrogens (tertiary/aromatic N) is 3. The molecule has 0 saturated heterocycles. The summed E-state index contributed by atoms with van der Waals surface area (Å²) in [6.45, 7) is 2.36. The topological polar surface area (TPSA) is 67.9 Å². The van der Waals surface area contributed by atoms with Gasteiger partial charge in [0.05, 0.1) is 35.2 Å². The summed E-state index contributed by atoms with van der Waals surface area (Å²) in [6, 6.07) is 16.9. The second-order valence-electron chi connectivity index (χ2n) is 5.95. The molecule has 1 aromatic heterocycles. The molecule has 3 aromatic rings. The lowest BCUT2D eigenvalue weighted by atomic mass is 10.1. The van der Waals surface area contributed by atoms with Gasteiger partial charge in [-0.25, -0.2) is 4.98 Å². The Balaban J connectivity index is 2.04. The van der Waals surface area contributed by atoms with Crippen LogP contribution in [0.5, 0.6) is 0 Å². The van der Waals surface area contributed by atoms with Gasteiger partial charge < -0.3 is 4.74 Å². The number of rotatable bonds is 6. The van der Waals surface area contributed by atoms with Crippen LogP contribution in [0.1, 0.15) is 24.1 Å². The summed E-state index contributed by atoms with van der Waals surface area (Å²) < 4.78 is 6.93. The van der Waals surface area contributed by atoms with Crippen LogP contribution in [0.15, 0.2) is 58.5 Å². The van der Waals surface area contributed by atoms with E-state index in [1.54, 1.807) is 23.8 Å². The number of nitriles is 1. The van der Waals surface area contributed by atoms with E-state index in [0.29, 0.717) is 34.0 Å². The highest BCUT2D eigenvalue weighted by atomic mass is 32.2.